The second-order valence-corrected chi connectivity index (χ2v) is 4.77. The number of nitrogens with two attached hydrogens (primary N) is 1. The Morgan fingerprint density at radius 3 is 2.81 bits per heavy atom. The maximum absolute atomic E-state index is 6.14. The second kappa shape index (κ2) is 5.55. The average molecular weight is 240 g/mol. The van der Waals surface area contributed by atoms with Crippen molar-refractivity contribution in [3.05, 3.63) is 28.8 Å². The van der Waals surface area contributed by atoms with Crippen LogP contribution in [0.5, 0.6) is 5.75 Å². The van der Waals surface area contributed by atoms with E-state index in [-0.39, 0.29) is 0 Å². The molecule has 1 fully saturated rings. The van der Waals surface area contributed by atoms with Crippen LogP contribution in [0.1, 0.15) is 24.8 Å². The summed E-state index contributed by atoms with van der Waals surface area (Å²) >= 11 is 6.14. The molecule has 1 saturated carbocycles. The third-order valence-electron chi connectivity index (χ3n) is 3.17. The number of halogens is 1. The van der Waals surface area contributed by atoms with E-state index in [0.29, 0.717) is 6.54 Å². The molecule has 0 saturated heterocycles. The molecule has 0 amide bonds. The average Bonchev–Trinajstić information content (AvgIpc) is 2.20. The quantitative estimate of drug-likeness (QED) is 0.857. The van der Waals surface area contributed by atoms with E-state index in [1.165, 1.54) is 19.3 Å². The Balaban J connectivity index is 2.02. The molecule has 1 aliphatic carbocycles. The van der Waals surface area contributed by atoms with Crippen LogP contribution in [0.4, 0.5) is 0 Å². The molecule has 0 aromatic heterocycles. The van der Waals surface area contributed by atoms with E-state index in [4.69, 9.17) is 22.1 Å². The molecule has 16 heavy (non-hydrogen) atoms. The van der Waals surface area contributed by atoms with Crippen molar-refractivity contribution in [1.82, 2.24) is 0 Å². The predicted octanol–water partition coefficient (Wildman–Crippen LogP) is 3.02. The number of benzene rings is 1. The van der Waals surface area contributed by atoms with E-state index in [0.717, 1.165) is 35.3 Å². The Labute approximate surface area is 102 Å². The Morgan fingerprint density at radius 1 is 1.38 bits per heavy atom. The van der Waals surface area contributed by atoms with Crippen LogP contribution in [0, 0.1) is 5.92 Å². The van der Waals surface area contributed by atoms with Crippen molar-refractivity contribution in [2.75, 3.05) is 13.2 Å². The van der Waals surface area contributed by atoms with Crippen LogP contribution in [0.2, 0.25) is 5.02 Å². The second-order valence-electron chi connectivity index (χ2n) is 4.36. The topological polar surface area (TPSA) is 35.2 Å². The first-order valence-corrected chi connectivity index (χ1v) is 6.29. The third-order valence-corrected chi connectivity index (χ3v) is 3.52. The van der Waals surface area contributed by atoms with E-state index in [1.807, 2.05) is 18.2 Å². The van der Waals surface area contributed by atoms with Crippen molar-refractivity contribution in [3.63, 3.8) is 0 Å². The van der Waals surface area contributed by atoms with Gasteiger partial charge >= 0.3 is 0 Å². The van der Waals surface area contributed by atoms with Crippen molar-refractivity contribution >= 4 is 11.6 Å². The normalized spacial score (nSPS) is 15.9. The van der Waals surface area contributed by atoms with Gasteiger partial charge < -0.3 is 10.5 Å². The molecule has 2 nitrogen and oxygen atoms in total. The van der Waals surface area contributed by atoms with Gasteiger partial charge in [-0.25, -0.2) is 0 Å². The largest absolute Gasteiger partial charge is 0.493 e. The predicted molar refractivity (Wildman–Crippen MR) is 67.0 cm³/mol. The number of ether oxygens (including phenoxy) is 1. The summed E-state index contributed by atoms with van der Waals surface area (Å²) in [5, 5.41) is 0.761. The summed E-state index contributed by atoms with van der Waals surface area (Å²) in [4.78, 5) is 0. The van der Waals surface area contributed by atoms with E-state index in [9.17, 15) is 0 Å². The van der Waals surface area contributed by atoms with Crippen LogP contribution in [0.15, 0.2) is 18.2 Å². The van der Waals surface area contributed by atoms with E-state index < -0.39 is 0 Å². The summed E-state index contributed by atoms with van der Waals surface area (Å²) in [5.41, 5.74) is 6.62. The van der Waals surface area contributed by atoms with E-state index >= 15 is 0 Å². The summed E-state index contributed by atoms with van der Waals surface area (Å²) in [6, 6.07) is 5.80. The summed E-state index contributed by atoms with van der Waals surface area (Å²) in [7, 11) is 0. The van der Waals surface area contributed by atoms with Gasteiger partial charge in [0.1, 0.15) is 5.75 Å². The summed E-state index contributed by atoms with van der Waals surface area (Å²) in [6.07, 6.45) is 4.72. The third kappa shape index (κ3) is 2.69. The van der Waals surface area contributed by atoms with Crippen LogP contribution >= 0.6 is 11.6 Å². The molecule has 0 atom stereocenters. The van der Waals surface area contributed by atoms with Gasteiger partial charge in [0.15, 0.2) is 0 Å². The minimum atomic E-state index is 0.601. The van der Waals surface area contributed by atoms with Crippen LogP contribution in [-0.2, 0) is 6.42 Å². The van der Waals surface area contributed by atoms with Crippen molar-refractivity contribution in [2.24, 2.45) is 11.7 Å². The minimum Gasteiger partial charge on any atom is -0.493 e. The smallest absolute Gasteiger partial charge is 0.124 e. The Hall–Kier alpha value is -0.730. The highest BCUT2D eigenvalue weighted by Crippen LogP contribution is 2.30. The maximum Gasteiger partial charge on any atom is 0.124 e. The molecule has 2 N–H and O–H groups in total. The van der Waals surface area contributed by atoms with Gasteiger partial charge in [-0.1, -0.05) is 24.1 Å². The Kier molecular flexibility index (Phi) is 4.08. The zero-order valence-electron chi connectivity index (χ0n) is 9.42. The molecule has 0 bridgehead atoms. The molecule has 3 heteroatoms. The molecule has 1 aromatic carbocycles. The van der Waals surface area contributed by atoms with E-state index in [2.05, 4.69) is 0 Å². The van der Waals surface area contributed by atoms with Crippen LogP contribution in [0.25, 0.3) is 0 Å². The lowest BCUT2D eigenvalue weighted by atomic mass is 9.86. The van der Waals surface area contributed by atoms with Crippen LogP contribution < -0.4 is 10.5 Å². The van der Waals surface area contributed by atoms with Gasteiger partial charge in [-0.2, -0.15) is 0 Å². The number of hydrogen-bond donors (Lipinski definition) is 1. The minimum absolute atomic E-state index is 0.601. The molecule has 0 radical (unpaired) electrons. The first-order chi connectivity index (χ1) is 7.81. The number of hydrogen-bond acceptors (Lipinski definition) is 2. The molecule has 0 aliphatic heterocycles. The first kappa shape index (κ1) is 11.7. The SMILES string of the molecule is NCCc1c(Cl)cccc1OCC1CCC1. The molecule has 0 spiro atoms. The van der Waals surface area contributed by atoms with Gasteiger partial charge in [0.25, 0.3) is 0 Å². The van der Waals surface area contributed by atoms with Gasteiger partial charge in [0, 0.05) is 10.6 Å². The van der Waals surface area contributed by atoms with Gasteiger partial charge in [0.2, 0.25) is 0 Å². The molecule has 88 valence electrons. The van der Waals surface area contributed by atoms with Crippen LogP contribution in [-0.4, -0.2) is 13.2 Å². The molecule has 1 aromatic rings. The molecular formula is C13H18ClNO. The van der Waals surface area contributed by atoms with Crippen molar-refractivity contribution in [2.45, 2.75) is 25.7 Å². The van der Waals surface area contributed by atoms with Crippen molar-refractivity contribution in [1.29, 1.82) is 0 Å². The zero-order valence-corrected chi connectivity index (χ0v) is 10.2. The lowest BCUT2D eigenvalue weighted by Gasteiger charge is -2.25. The van der Waals surface area contributed by atoms with Gasteiger partial charge in [-0.3, -0.25) is 0 Å². The zero-order chi connectivity index (χ0) is 11.4. The summed E-state index contributed by atoms with van der Waals surface area (Å²) in [5.74, 6) is 1.65. The van der Waals surface area contributed by atoms with Crippen LogP contribution in [0.3, 0.4) is 0 Å². The van der Waals surface area contributed by atoms with Gasteiger partial charge in [-0.05, 0) is 43.9 Å². The highest BCUT2D eigenvalue weighted by molar-refractivity contribution is 6.31. The summed E-state index contributed by atoms with van der Waals surface area (Å²) < 4.78 is 5.83. The molecule has 2 rings (SSSR count). The fourth-order valence-electron chi connectivity index (χ4n) is 1.93. The maximum atomic E-state index is 6.14. The number of rotatable bonds is 5. The Bertz CT molecular complexity index is 350. The molecule has 0 unspecified atom stereocenters. The highest BCUT2D eigenvalue weighted by atomic mass is 35.5. The Morgan fingerprint density at radius 2 is 2.19 bits per heavy atom. The monoisotopic (exact) mass is 239 g/mol. The van der Waals surface area contributed by atoms with E-state index in [1.54, 1.807) is 0 Å². The summed E-state index contributed by atoms with van der Waals surface area (Å²) in [6.45, 7) is 1.42. The van der Waals surface area contributed by atoms with Gasteiger partial charge in [0.05, 0.1) is 6.61 Å². The lowest BCUT2D eigenvalue weighted by Crippen LogP contribution is -2.20. The molecular weight excluding hydrogens is 222 g/mol. The molecule has 1 aliphatic rings. The lowest BCUT2D eigenvalue weighted by molar-refractivity contribution is 0.179. The van der Waals surface area contributed by atoms with Crippen molar-refractivity contribution < 1.29 is 4.74 Å². The first-order valence-electron chi connectivity index (χ1n) is 5.91. The van der Waals surface area contributed by atoms with Gasteiger partial charge in [-0.15, -0.1) is 0 Å². The fraction of sp³-hybridized carbons (Fsp3) is 0.538. The molecule has 0 heterocycles. The standard InChI is InChI=1S/C13H18ClNO/c14-12-5-2-6-13(11(12)7-8-15)16-9-10-3-1-4-10/h2,5-6,10H,1,3-4,7-9,15H2. The van der Waals surface area contributed by atoms with Crippen molar-refractivity contribution in [3.8, 4) is 5.75 Å². The fourth-order valence-corrected chi connectivity index (χ4v) is 2.19. The highest BCUT2D eigenvalue weighted by Gasteiger charge is 2.18.